The van der Waals surface area contributed by atoms with Crippen LogP contribution < -0.4 is 11.3 Å². The van der Waals surface area contributed by atoms with Crippen LogP contribution in [0.3, 0.4) is 0 Å². The fraction of sp³-hybridized carbons (Fsp3) is 0.750. The molecule has 1 aromatic heterocycles. The Balaban J connectivity index is 1.75. The van der Waals surface area contributed by atoms with Crippen LogP contribution in [-0.2, 0) is 4.74 Å². The molecule has 1 aliphatic heterocycles. The molecule has 0 saturated carbocycles. The van der Waals surface area contributed by atoms with Gasteiger partial charge in [-0.05, 0) is 39.0 Å². The number of ether oxygens (including phenoxy) is 1. The summed E-state index contributed by atoms with van der Waals surface area (Å²) in [5.74, 6) is 5.61. The molecule has 2 rings (SSSR count). The highest BCUT2D eigenvalue weighted by molar-refractivity contribution is 7.11. The minimum absolute atomic E-state index is 0.239. The highest BCUT2D eigenvalue weighted by Gasteiger charge is 2.17. The van der Waals surface area contributed by atoms with Gasteiger partial charge in [0.05, 0.1) is 17.2 Å². The van der Waals surface area contributed by atoms with E-state index < -0.39 is 0 Å². The fourth-order valence-corrected chi connectivity index (χ4v) is 3.15. The van der Waals surface area contributed by atoms with Crippen molar-refractivity contribution in [3.63, 3.8) is 0 Å². The maximum atomic E-state index is 5.62. The Kier molecular flexibility index (Phi) is 4.91. The van der Waals surface area contributed by atoms with E-state index in [1.54, 1.807) is 11.3 Å². The van der Waals surface area contributed by atoms with Gasteiger partial charge in [0.2, 0.25) is 0 Å². The average molecular weight is 255 g/mol. The van der Waals surface area contributed by atoms with Crippen LogP contribution in [0.5, 0.6) is 0 Å². The molecule has 1 aromatic rings. The summed E-state index contributed by atoms with van der Waals surface area (Å²) < 4.78 is 5.62. The lowest BCUT2D eigenvalue weighted by atomic mass is 10.1. The van der Waals surface area contributed by atoms with E-state index in [0.717, 1.165) is 30.9 Å². The molecule has 0 aliphatic carbocycles. The number of thiazole rings is 1. The number of hydrogen-bond donors (Lipinski definition) is 2. The van der Waals surface area contributed by atoms with Gasteiger partial charge < -0.3 is 4.74 Å². The number of rotatable bonds is 6. The van der Waals surface area contributed by atoms with Crippen molar-refractivity contribution in [2.24, 2.45) is 5.84 Å². The lowest BCUT2D eigenvalue weighted by Crippen LogP contribution is -2.27. The van der Waals surface area contributed by atoms with Gasteiger partial charge in [-0.3, -0.25) is 11.3 Å². The van der Waals surface area contributed by atoms with Crippen molar-refractivity contribution in [1.29, 1.82) is 0 Å². The van der Waals surface area contributed by atoms with Crippen LogP contribution in [0.1, 0.15) is 48.0 Å². The lowest BCUT2D eigenvalue weighted by Gasteiger charge is -2.15. The van der Waals surface area contributed by atoms with Gasteiger partial charge in [-0.1, -0.05) is 0 Å². The van der Waals surface area contributed by atoms with Crippen LogP contribution in [0, 0.1) is 6.92 Å². The molecule has 4 nitrogen and oxygen atoms in total. The molecule has 1 aliphatic rings. The van der Waals surface area contributed by atoms with E-state index in [4.69, 9.17) is 10.6 Å². The number of nitrogens with two attached hydrogens (primary N) is 1. The predicted octanol–water partition coefficient (Wildman–Crippen LogP) is 2.31. The molecule has 2 heterocycles. The van der Waals surface area contributed by atoms with E-state index in [9.17, 15) is 0 Å². The molecule has 0 bridgehead atoms. The summed E-state index contributed by atoms with van der Waals surface area (Å²) in [5.41, 5.74) is 2.89. The van der Waals surface area contributed by atoms with Crippen molar-refractivity contribution in [2.75, 3.05) is 6.61 Å². The van der Waals surface area contributed by atoms with Crippen molar-refractivity contribution >= 4 is 11.3 Å². The SMILES string of the molecule is Cc1ncc(C(CCCC2CCCO2)NN)s1. The molecule has 17 heavy (non-hydrogen) atoms. The summed E-state index contributed by atoms with van der Waals surface area (Å²) in [6.07, 6.45) is 8.20. The smallest absolute Gasteiger partial charge is 0.0897 e. The molecule has 3 N–H and O–H groups in total. The molecule has 5 heteroatoms. The molecule has 0 spiro atoms. The highest BCUT2D eigenvalue weighted by Crippen LogP contribution is 2.26. The third-order valence-electron chi connectivity index (χ3n) is 3.23. The quantitative estimate of drug-likeness (QED) is 0.605. The monoisotopic (exact) mass is 255 g/mol. The third kappa shape index (κ3) is 3.74. The van der Waals surface area contributed by atoms with E-state index in [0.29, 0.717) is 6.10 Å². The van der Waals surface area contributed by atoms with E-state index >= 15 is 0 Å². The molecular weight excluding hydrogens is 234 g/mol. The molecule has 2 unspecified atom stereocenters. The van der Waals surface area contributed by atoms with Crippen LogP contribution in [0.25, 0.3) is 0 Å². The first-order valence-corrected chi connectivity index (χ1v) is 7.11. The van der Waals surface area contributed by atoms with Crippen LogP contribution in [0.15, 0.2) is 6.20 Å². The number of aryl methyl sites for hydroxylation is 1. The summed E-state index contributed by atoms with van der Waals surface area (Å²) in [6, 6.07) is 0.239. The molecule has 1 fully saturated rings. The van der Waals surface area contributed by atoms with Gasteiger partial charge in [0, 0.05) is 17.7 Å². The second-order valence-corrected chi connectivity index (χ2v) is 5.83. The summed E-state index contributed by atoms with van der Waals surface area (Å²) in [7, 11) is 0. The van der Waals surface area contributed by atoms with Crippen LogP contribution in [-0.4, -0.2) is 17.7 Å². The summed E-state index contributed by atoms with van der Waals surface area (Å²) in [4.78, 5) is 5.50. The second kappa shape index (κ2) is 6.44. The standard InChI is InChI=1S/C12H21N3OS/c1-9-14-8-12(17-9)11(15-13)6-2-4-10-5-3-7-16-10/h8,10-11,15H,2-7,13H2,1H3. The zero-order valence-corrected chi connectivity index (χ0v) is 11.1. The zero-order valence-electron chi connectivity index (χ0n) is 10.3. The predicted molar refractivity (Wildman–Crippen MR) is 69.7 cm³/mol. The van der Waals surface area contributed by atoms with Crippen molar-refractivity contribution in [1.82, 2.24) is 10.4 Å². The Hall–Kier alpha value is -0.490. The molecule has 2 atom stereocenters. The minimum Gasteiger partial charge on any atom is -0.378 e. The molecule has 0 amide bonds. The van der Waals surface area contributed by atoms with Crippen molar-refractivity contribution < 1.29 is 4.74 Å². The number of nitrogens with zero attached hydrogens (tertiary/aromatic N) is 1. The van der Waals surface area contributed by atoms with Crippen LogP contribution in [0.2, 0.25) is 0 Å². The zero-order chi connectivity index (χ0) is 12.1. The van der Waals surface area contributed by atoms with Crippen LogP contribution in [0.4, 0.5) is 0 Å². The maximum absolute atomic E-state index is 5.62. The average Bonchev–Trinajstić information content (AvgIpc) is 2.96. The van der Waals surface area contributed by atoms with Gasteiger partial charge in [0.1, 0.15) is 0 Å². The largest absolute Gasteiger partial charge is 0.378 e. The van der Waals surface area contributed by atoms with Crippen molar-refractivity contribution in [3.05, 3.63) is 16.1 Å². The first kappa shape index (κ1) is 13.0. The Morgan fingerprint density at radius 1 is 1.71 bits per heavy atom. The van der Waals surface area contributed by atoms with Crippen LogP contribution >= 0.6 is 11.3 Å². The van der Waals surface area contributed by atoms with E-state index in [-0.39, 0.29) is 6.04 Å². The maximum Gasteiger partial charge on any atom is 0.0897 e. The van der Waals surface area contributed by atoms with Gasteiger partial charge in [0.15, 0.2) is 0 Å². The Bertz CT molecular complexity index is 336. The van der Waals surface area contributed by atoms with Gasteiger partial charge in [-0.2, -0.15) is 0 Å². The Morgan fingerprint density at radius 3 is 3.18 bits per heavy atom. The molecule has 0 aromatic carbocycles. The second-order valence-electron chi connectivity index (χ2n) is 4.57. The first-order chi connectivity index (χ1) is 8.29. The highest BCUT2D eigenvalue weighted by atomic mass is 32.1. The topological polar surface area (TPSA) is 60.2 Å². The number of nitrogens with one attached hydrogen (secondary N) is 1. The van der Waals surface area contributed by atoms with E-state index in [1.807, 2.05) is 13.1 Å². The van der Waals surface area contributed by atoms with E-state index in [2.05, 4.69) is 10.4 Å². The van der Waals surface area contributed by atoms with Gasteiger partial charge in [-0.25, -0.2) is 4.98 Å². The molecule has 0 radical (unpaired) electrons. The van der Waals surface area contributed by atoms with E-state index in [1.165, 1.54) is 17.7 Å². The lowest BCUT2D eigenvalue weighted by molar-refractivity contribution is 0.101. The van der Waals surface area contributed by atoms with Crippen molar-refractivity contribution in [2.45, 2.75) is 51.2 Å². The van der Waals surface area contributed by atoms with Gasteiger partial charge in [-0.15, -0.1) is 11.3 Å². The van der Waals surface area contributed by atoms with Crippen molar-refractivity contribution in [3.8, 4) is 0 Å². The molecule has 96 valence electrons. The number of hydrogen-bond acceptors (Lipinski definition) is 5. The molecule has 1 saturated heterocycles. The summed E-state index contributed by atoms with van der Waals surface area (Å²) in [5, 5.41) is 1.10. The molecular formula is C12H21N3OS. The Labute approximate surface area is 107 Å². The third-order valence-corrected chi connectivity index (χ3v) is 4.25. The first-order valence-electron chi connectivity index (χ1n) is 6.29. The minimum atomic E-state index is 0.239. The van der Waals surface area contributed by atoms with Gasteiger partial charge in [0.25, 0.3) is 0 Å². The fourth-order valence-electron chi connectivity index (χ4n) is 2.27. The normalized spacial score (nSPS) is 21.9. The number of hydrazine groups is 1. The number of aromatic nitrogens is 1. The van der Waals surface area contributed by atoms with Gasteiger partial charge >= 0.3 is 0 Å². The summed E-state index contributed by atoms with van der Waals surface area (Å²) in [6.45, 7) is 2.96. The summed E-state index contributed by atoms with van der Waals surface area (Å²) >= 11 is 1.72. The Morgan fingerprint density at radius 2 is 2.59 bits per heavy atom.